The summed E-state index contributed by atoms with van der Waals surface area (Å²) in [7, 11) is 0. The van der Waals surface area contributed by atoms with Crippen LogP contribution in [-0.4, -0.2) is 24.0 Å². The molecule has 0 bridgehead atoms. The minimum Gasteiger partial charge on any atom is -0.385 e. The molecule has 1 aliphatic heterocycles. The fraction of sp³-hybridized carbons (Fsp3) is 0.409. The first-order valence-corrected chi connectivity index (χ1v) is 9.64. The van der Waals surface area contributed by atoms with Crippen molar-refractivity contribution >= 4 is 5.84 Å². The van der Waals surface area contributed by atoms with Gasteiger partial charge in [-0.1, -0.05) is 36.4 Å². The van der Waals surface area contributed by atoms with Gasteiger partial charge >= 0.3 is 6.18 Å². The minimum absolute atomic E-state index is 0.109. The van der Waals surface area contributed by atoms with E-state index >= 15 is 0 Å². The second-order valence-electron chi connectivity index (χ2n) is 7.64. The fourth-order valence-corrected chi connectivity index (χ4v) is 4.38. The molecular weight excluding hydrogens is 365 g/mol. The van der Waals surface area contributed by atoms with Crippen LogP contribution in [0.3, 0.4) is 0 Å². The Kier molecular flexibility index (Phi) is 4.91. The van der Waals surface area contributed by atoms with Gasteiger partial charge in [-0.3, -0.25) is 4.99 Å². The van der Waals surface area contributed by atoms with E-state index in [1.807, 2.05) is 0 Å². The van der Waals surface area contributed by atoms with E-state index in [2.05, 4.69) is 10.3 Å². The summed E-state index contributed by atoms with van der Waals surface area (Å²) in [4.78, 5) is 4.48. The van der Waals surface area contributed by atoms with E-state index in [0.717, 1.165) is 37.8 Å². The van der Waals surface area contributed by atoms with Crippen LogP contribution in [0.4, 0.5) is 13.2 Å². The number of aliphatic hydroxyl groups is 1. The topological polar surface area (TPSA) is 44.6 Å². The third kappa shape index (κ3) is 3.65. The summed E-state index contributed by atoms with van der Waals surface area (Å²) in [6.07, 6.45) is -1.71. The fourth-order valence-electron chi connectivity index (χ4n) is 4.38. The van der Waals surface area contributed by atoms with Crippen LogP contribution in [0.25, 0.3) is 11.1 Å². The molecule has 28 heavy (non-hydrogen) atoms. The van der Waals surface area contributed by atoms with E-state index in [-0.39, 0.29) is 11.5 Å². The quantitative estimate of drug-likeness (QED) is 0.797. The molecule has 0 radical (unpaired) electrons. The molecule has 4 rings (SSSR count). The van der Waals surface area contributed by atoms with Crippen molar-refractivity contribution in [2.75, 3.05) is 13.1 Å². The van der Waals surface area contributed by atoms with Crippen molar-refractivity contribution in [2.45, 2.75) is 37.5 Å². The molecule has 2 aromatic rings. The van der Waals surface area contributed by atoms with E-state index in [9.17, 15) is 18.3 Å². The number of hydrogen-bond donors (Lipinski definition) is 2. The van der Waals surface area contributed by atoms with Gasteiger partial charge in [0, 0.05) is 12.5 Å². The average molecular weight is 388 g/mol. The molecule has 1 heterocycles. The summed E-state index contributed by atoms with van der Waals surface area (Å²) in [6, 6.07) is 12.6. The highest BCUT2D eigenvalue weighted by atomic mass is 19.4. The smallest absolute Gasteiger partial charge is 0.385 e. The van der Waals surface area contributed by atoms with Gasteiger partial charge in [0.05, 0.1) is 23.5 Å². The lowest BCUT2D eigenvalue weighted by molar-refractivity contribution is -0.137. The normalized spacial score (nSPS) is 25.3. The predicted molar refractivity (Wildman–Crippen MR) is 103 cm³/mol. The van der Waals surface area contributed by atoms with Crippen LogP contribution in [0.2, 0.25) is 0 Å². The van der Waals surface area contributed by atoms with Gasteiger partial charge in [-0.2, -0.15) is 13.2 Å². The number of nitrogens with zero attached hydrogens (tertiary/aromatic N) is 1. The van der Waals surface area contributed by atoms with Gasteiger partial charge in [-0.15, -0.1) is 0 Å². The van der Waals surface area contributed by atoms with Crippen LogP contribution < -0.4 is 5.32 Å². The monoisotopic (exact) mass is 388 g/mol. The number of hydrogen-bond acceptors (Lipinski definition) is 3. The lowest BCUT2D eigenvalue weighted by Gasteiger charge is -2.37. The van der Waals surface area contributed by atoms with Crippen molar-refractivity contribution in [3.05, 3.63) is 59.7 Å². The number of rotatable bonds is 3. The highest BCUT2D eigenvalue weighted by Gasteiger charge is 2.40. The van der Waals surface area contributed by atoms with Crippen molar-refractivity contribution in [3.63, 3.8) is 0 Å². The van der Waals surface area contributed by atoms with Crippen molar-refractivity contribution in [3.8, 4) is 11.1 Å². The first kappa shape index (κ1) is 19.0. The van der Waals surface area contributed by atoms with Crippen molar-refractivity contribution in [1.29, 1.82) is 0 Å². The Morgan fingerprint density at radius 1 is 1.11 bits per heavy atom. The number of alkyl halides is 3. The van der Waals surface area contributed by atoms with Crippen LogP contribution >= 0.6 is 0 Å². The zero-order chi connectivity index (χ0) is 19.8. The largest absolute Gasteiger partial charge is 0.417 e. The van der Waals surface area contributed by atoms with E-state index in [0.29, 0.717) is 24.0 Å². The lowest BCUT2D eigenvalue weighted by Crippen LogP contribution is -2.38. The maximum Gasteiger partial charge on any atom is 0.417 e. The van der Waals surface area contributed by atoms with Crippen molar-refractivity contribution in [2.24, 2.45) is 10.9 Å². The van der Waals surface area contributed by atoms with Crippen LogP contribution in [-0.2, 0) is 11.8 Å². The first-order valence-electron chi connectivity index (χ1n) is 9.64. The first-order chi connectivity index (χ1) is 13.4. The summed E-state index contributed by atoms with van der Waals surface area (Å²) in [5, 5.41) is 14.6. The summed E-state index contributed by atoms with van der Waals surface area (Å²) in [5.41, 5.74) is -0.682. The molecular formula is C22H23F3N2O. The molecule has 3 nitrogen and oxygen atoms in total. The summed E-state index contributed by atoms with van der Waals surface area (Å²) in [5.74, 6) is 1.04. The number of aliphatic imine (C=N–C) groups is 1. The average Bonchev–Trinajstić information content (AvgIpc) is 3.22. The Balaban J connectivity index is 1.73. The summed E-state index contributed by atoms with van der Waals surface area (Å²) >= 11 is 0. The number of amidine groups is 1. The third-order valence-electron chi connectivity index (χ3n) is 5.76. The molecule has 2 atom stereocenters. The molecule has 1 saturated carbocycles. The van der Waals surface area contributed by atoms with Gasteiger partial charge in [0.15, 0.2) is 0 Å². The van der Waals surface area contributed by atoms with Gasteiger partial charge in [0.1, 0.15) is 0 Å². The maximum absolute atomic E-state index is 13.6. The Morgan fingerprint density at radius 3 is 2.57 bits per heavy atom. The zero-order valence-corrected chi connectivity index (χ0v) is 15.5. The molecule has 0 saturated heterocycles. The second-order valence-corrected chi connectivity index (χ2v) is 7.64. The molecule has 2 N–H and O–H groups in total. The van der Waals surface area contributed by atoms with Crippen LogP contribution in [0.5, 0.6) is 0 Å². The maximum atomic E-state index is 13.6. The van der Waals surface area contributed by atoms with Gasteiger partial charge in [-0.05, 0) is 54.5 Å². The Bertz CT molecular complexity index is 879. The van der Waals surface area contributed by atoms with Gasteiger partial charge in [0.2, 0.25) is 0 Å². The molecule has 1 fully saturated rings. The molecule has 2 aliphatic rings. The zero-order valence-electron chi connectivity index (χ0n) is 15.5. The molecule has 1 aliphatic carbocycles. The highest BCUT2D eigenvalue weighted by molar-refractivity contribution is 5.86. The summed E-state index contributed by atoms with van der Waals surface area (Å²) < 4.78 is 40.8. The Hall–Kier alpha value is -2.34. The van der Waals surface area contributed by atoms with Crippen LogP contribution in [0, 0.1) is 5.92 Å². The van der Waals surface area contributed by atoms with E-state index in [1.165, 1.54) is 12.1 Å². The van der Waals surface area contributed by atoms with Crippen LogP contribution in [0.1, 0.15) is 36.8 Å². The Morgan fingerprint density at radius 2 is 1.89 bits per heavy atom. The highest BCUT2D eigenvalue weighted by Crippen LogP contribution is 2.44. The predicted octanol–water partition coefficient (Wildman–Crippen LogP) is 4.75. The standard InChI is InChI=1S/C22H23F3N2O/c23-22(24,25)19-9-8-17(13-18(19)15-5-2-1-3-6-15)21(28)10-4-7-16(14-21)20-26-11-12-27-20/h1-3,5-6,8-9,13,16,28H,4,7,10-12,14H2,(H,26,27). The molecule has 6 heteroatoms. The number of halogens is 3. The molecule has 2 unspecified atom stereocenters. The van der Waals surface area contributed by atoms with Crippen molar-refractivity contribution < 1.29 is 18.3 Å². The third-order valence-corrected chi connectivity index (χ3v) is 5.76. The Labute approximate surface area is 162 Å². The molecule has 0 aromatic heterocycles. The lowest BCUT2D eigenvalue weighted by atomic mass is 9.73. The minimum atomic E-state index is -4.45. The number of nitrogens with one attached hydrogen (secondary N) is 1. The molecule has 2 aromatic carbocycles. The summed E-state index contributed by atoms with van der Waals surface area (Å²) in [6.45, 7) is 1.55. The number of benzene rings is 2. The van der Waals surface area contributed by atoms with E-state index in [4.69, 9.17) is 0 Å². The molecule has 0 amide bonds. The van der Waals surface area contributed by atoms with E-state index in [1.54, 1.807) is 30.3 Å². The van der Waals surface area contributed by atoms with Gasteiger partial charge in [-0.25, -0.2) is 0 Å². The van der Waals surface area contributed by atoms with Crippen LogP contribution in [0.15, 0.2) is 53.5 Å². The van der Waals surface area contributed by atoms with Gasteiger partial charge < -0.3 is 10.4 Å². The SMILES string of the molecule is OC1(c2ccc(C(F)(F)F)c(-c3ccccc3)c2)CCCC(C2=NCCN2)C1. The molecule has 148 valence electrons. The second kappa shape index (κ2) is 7.24. The van der Waals surface area contributed by atoms with Crippen molar-refractivity contribution in [1.82, 2.24) is 5.32 Å². The van der Waals surface area contributed by atoms with E-state index < -0.39 is 17.3 Å². The molecule has 0 spiro atoms. The van der Waals surface area contributed by atoms with Gasteiger partial charge in [0.25, 0.3) is 0 Å².